The molecule has 0 heterocycles. The third kappa shape index (κ3) is 5.13. The lowest BCUT2D eigenvalue weighted by Crippen LogP contribution is -2.36. The number of nitrogens with one attached hydrogen (secondary N) is 2. The summed E-state index contributed by atoms with van der Waals surface area (Å²) in [7, 11) is 1.67. The van der Waals surface area contributed by atoms with E-state index in [4.69, 9.17) is 0 Å². The number of amides is 1. The molecule has 0 aliphatic carbocycles. The number of rotatable bonds is 8. The highest BCUT2D eigenvalue weighted by atomic mass is 79.9. The van der Waals surface area contributed by atoms with Crippen LogP contribution in [-0.2, 0) is 11.3 Å². The zero-order valence-electron chi connectivity index (χ0n) is 12.5. The summed E-state index contributed by atoms with van der Waals surface area (Å²) in [6.45, 7) is 7.27. The largest absolute Gasteiger partial charge is 0.362 e. The average molecular weight is 342 g/mol. The van der Waals surface area contributed by atoms with Gasteiger partial charge in [-0.25, -0.2) is 0 Å². The van der Waals surface area contributed by atoms with Crippen molar-refractivity contribution in [3.8, 4) is 0 Å². The number of hydrogen-bond donors (Lipinski definition) is 2. The topological polar surface area (TPSA) is 44.4 Å². The Hall–Kier alpha value is -1.07. The van der Waals surface area contributed by atoms with Crippen molar-refractivity contribution in [3.63, 3.8) is 0 Å². The molecule has 1 rings (SSSR count). The van der Waals surface area contributed by atoms with Gasteiger partial charge in [0.05, 0.1) is 6.54 Å². The molecule has 0 saturated heterocycles. The molecule has 0 aliphatic heterocycles. The van der Waals surface area contributed by atoms with Crippen molar-refractivity contribution < 1.29 is 4.79 Å². The Balaban J connectivity index is 2.85. The van der Waals surface area contributed by atoms with Crippen LogP contribution >= 0.6 is 15.9 Å². The first kappa shape index (κ1) is 17.0. The van der Waals surface area contributed by atoms with Crippen molar-refractivity contribution in [2.75, 3.05) is 31.6 Å². The summed E-state index contributed by atoms with van der Waals surface area (Å²) in [4.78, 5) is 13.7. The lowest BCUT2D eigenvalue weighted by molar-refractivity contribution is -0.119. The first-order valence-corrected chi connectivity index (χ1v) is 7.86. The SMILES string of the molecule is CCCN(CC(=O)NC)c1ccc(CNCC)c(Br)c1. The summed E-state index contributed by atoms with van der Waals surface area (Å²) in [5, 5.41) is 5.99. The van der Waals surface area contributed by atoms with Crippen molar-refractivity contribution in [2.45, 2.75) is 26.8 Å². The van der Waals surface area contributed by atoms with E-state index in [0.717, 1.165) is 36.2 Å². The molecule has 0 aliphatic rings. The molecule has 0 radical (unpaired) electrons. The molecule has 4 nitrogen and oxygen atoms in total. The Morgan fingerprint density at radius 2 is 2.10 bits per heavy atom. The van der Waals surface area contributed by atoms with Crippen molar-refractivity contribution in [3.05, 3.63) is 28.2 Å². The van der Waals surface area contributed by atoms with E-state index >= 15 is 0 Å². The molecule has 20 heavy (non-hydrogen) atoms. The van der Waals surface area contributed by atoms with Gasteiger partial charge in [0, 0.05) is 30.3 Å². The summed E-state index contributed by atoms with van der Waals surface area (Å²) in [5.41, 5.74) is 2.30. The molecule has 0 fully saturated rings. The van der Waals surface area contributed by atoms with Gasteiger partial charge < -0.3 is 15.5 Å². The fourth-order valence-corrected chi connectivity index (χ4v) is 2.46. The minimum atomic E-state index is 0.0336. The molecule has 0 spiro atoms. The van der Waals surface area contributed by atoms with E-state index < -0.39 is 0 Å². The Morgan fingerprint density at radius 3 is 2.65 bits per heavy atom. The van der Waals surface area contributed by atoms with Crippen molar-refractivity contribution in [2.24, 2.45) is 0 Å². The maximum absolute atomic E-state index is 11.6. The summed E-state index contributed by atoms with van der Waals surface area (Å²) < 4.78 is 1.08. The van der Waals surface area contributed by atoms with Gasteiger partial charge >= 0.3 is 0 Å². The molecule has 0 atom stereocenters. The van der Waals surface area contributed by atoms with E-state index in [1.807, 2.05) is 0 Å². The lowest BCUT2D eigenvalue weighted by Gasteiger charge is -2.24. The first-order valence-electron chi connectivity index (χ1n) is 7.07. The summed E-state index contributed by atoms with van der Waals surface area (Å²) in [6, 6.07) is 6.27. The molecule has 0 aromatic heterocycles. The minimum Gasteiger partial charge on any atom is -0.362 e. The number of likely N-dealkylation sites (N-methyl/N-ethyl adjacent to an activating group) is 1. The van der Waals surface area contributed by atoms with E-state index in [2.05, 4.69) is 63.5 Å². The number of nitrogens with zero attached hydrogens (tertiary/aromatic N) is 1. The molecule has 112 valence electrons. The smallest absolute Gasteiger partial charge is 0.239 e. The molecule has 1 aromatic carbocycles. The van der Waals surface area contributed by atoms with Crippen LogP contribution in [0, 0.1) is 0 Å². The van der Waals surface area contributed by atoms with E-state index in [-0.39, 0.29) is 5.91 Å². The minimum absolute atomic E-state index is 0.0336. The Kier molecular flexibility index (Phi) is 7.62. The number of benzene rings is 1. The van der Waals surface area contributed by atoms with Crippen LogP contribution in [0.2, 0.25) is 0 Å². The normalized spacial score (nSPS) is 10.4. The molecule has 2 N–H and O–H groups in total. The summed E-state index contributed by atoms with van der Waals surface area (Å²) in [6.07, 6.45) is 1.01. The molecule has 0 bridgehead atoms. The Labute approximate surface area is 130 Å². The number of carbonyl (C=O) groups excluding carboxylic acids is 1. The van der Waals surface area contributed by atoms with Gasteiger partial charge in [0.25, 0.3) is 0 Å². The lowest BCUT2D eigenvalue weighted by atomic mass is 10.2. The van der Waals surface area contributed by atoms with Gasteiger partial charge in [-0.15, -0.1) is 0 Å². The fourth-order valence-electron chi connectivity index (χ4n) is 1.96. The van der Waals surface area contributed by atoms with Crippen molar-refractivity contribution >= 4 is 27.5 Å². The summed E-state index contributed by atoms with van der Waals surface area (Å²) >= 11 is 3.61. The van der Waals surface area contributed by atoms with Gasteiger partial charge in [0.15, 0.2) is 0 Å². The molecule has 1 aromatic rings. The Morgan fingerprint density at radius 1 is 1.35 bits per heavy atom. The van der Waals surface area contributed by atoms with E-state index in [1.54, 1.807) is 7.05 Å². The molecule has 5 heteroatoms. The monoisotopic (exact) mass is 341 g/mol. The van der Waals surface area contributed by atoms with Crippen molar-refractivity contribution in [1.29, 1.82) is 0 Å². The van der Waals surface area contributed by atoms with Gasteiger partial charge in [-0.05, 0) is 30.7 Å². The second kappa shape index (κ2) is 8.97. The molecule has 1 amide bonds. The van der Waals surface area contributed by atoms with E-state index in [9.17, 15) is 4.79 Å². The standard InChI is InChI=1S/C15H24BrN3O/c1-4-8-19(11-15(20)17-3)13-7-6-12(10-18-5-2)14(16)9-13/h6-7,9,18H,4-5,8,10-11H2,1-3H3,(H,17,20). The predicted octanol–water partition coefficient (Wildman–Crippen LogP) is 2.52. The Bertz CT molecular complexity index is 437. The van der Waals surface area contributed by atoms with E-state index in [0.29, 0.717) is 6.54 Å². The van der Waals surface area contributed by atoms with Crippen LogP contribution in [0.5, 0.6) is 0 Å². The number of anilines is 1. The van der Waals surface area contributed by atoms with Crippen LogP contribution < -0.4 is 15.5 Å². The fraction of sp³-hybridized carbons (Fsp3) is 0.533. The van der Waals surface area contributed by atoms with Gasteiger partial charge in [-0.1, -0.05) is 35.8 Å². The average Bonchev–Trinajstić information content (AvgIpc) is 2.45. The third-order valence-electron chi connectivity index (χ3n) is 3.07. The summed E-state index contributed by atoms with van der Waals surface area (Å²) in [5.74, 6) is 0.0336. The zero-order valence-corrected chi connectivity index (χ0v) is 14.1. The van der Waals surface area contributed by atoms with Gasteiger partial charge in [0.2, 0.25) is 5.91 Å². The van der Waals surface area contributed by atoms with Gasteiger partial charge in [0.1, 0.15) is 0 Å². The van der Waals surface area contributed by atoms with Crippen LogP contribution in [0.15, 0.2) is 22.7 Å². The molecular formula is C15H24BrN3O. The number of halogens is 1. The highest BCUT2D eigenvalue weighted by molar-refractivity contribution is 9.10. The van der Waals surface area contributed by atoms with Gasteiger partial charge in [-0.3, -0.25) is 4.79 Å². The van der Waals surface area contributed by atoms with Crippen LogP contribution in [0.1, 0.15) is 25.8 Å². The maximum Gasteiger partial charge on any atom is 0.239 e. The number of carbonyl (C=O) groups is 1. The highest BCUT2D eigenvalue weighted by Crippen LogP contribution is 2.24. The first-order chi connectivity index (χ1) is 9.62. The van der Waals surface area contributed by atoms with Crippen molar-refractivity contribution in [1.82, 2.24) is 10.6 Å². The second-order valence-corrected chi connectivity index (χ2v) is 5.51. The maximum atomic E-state index is 11.6. The van der Waals surface area contributed by atoms with Crippen LogP contribution in [-0.4, -0.2) is 32.6 Å². The predicted molar refractivity (Wildman–Crippen MR) is 88.1 cm³/mol. The zero-order chi connectivity index (χ0) is 15.0. The van der Waals surface area contributed by atoms with Crippen LogP contribution in [0.4, 0.5) is 5.69 Å². The molecular weight excluding hydrogens is 318 g/mol. The molecule has 0 saturated carbocycles. The van der Waals surface area contributed by atoms with E-state index in [1.165, 1.54) is 5.56 Å². The van der Waals surface area contributed by atoms with Crippen LogP contribution in [0.25, 0.3) is 0 Å². The number of hydrogen-bond acceptors (Lipinski definition) is 3. The quantitative estimate of drug-likeness (QED) is 0.763. The van der Waals surface area contributed by atoms with Gasteiger partial charge in [-0.2, -0.15) is 0 Å². The molecule has 0 unspecified atom stereocenters. The second-order valence-electron chi connectivity index (χ2n) is 4.65. The highest BCUT2D eigenvalue weighted by Gasteiger charge is 2.11. The third-order valence-corrected chi connectivity index (χ3v) is 3.81. The van der Waals surface area contributed by atoms with Crippen LogP contribution in [0.3, 0.4) is 0 Å².